The van der Waals surface area contributed by atoms with Crippen molar-refractivity contribution in [2.75, 3.05) is 6.61 Å². The van der Waals surface area contributed by atoms with E-state index < -0.39 is 5.38 Å². The van der Waals surface area contributed by atoms with Crippen molar-refractivity contribution in [3.05, 3.63) is 34.9 Å². The van der Waals surface area contributed by atoms with Crippen molar-refractivity contribution in [2.45, 2.75) is 32.6 Å². The van der Waals surface area contributed by atoms with Gasteiger partial charge in [0.1, 0.15) is 0 Å². The number of ether oxygens (including phenoxy) is 1. The van der Waals surface area contributed by atoms with Crippen LogP contribution in [0.1, 0.15) is 35.3 Å². The first-order chi connectivity index (χ1) is 8.45. The second-order valence-electron chi connectivity index (χ2n) is 4.10. The second kappa shape index (κ2) is 6.55. The Bertz CT molecular complexity index is 452. The summed E-state index contributed by atoms with van der Waals surface area (Å²) in [6.45, 7) is 5.65. The summed E-state index contributed by atoms with van der Waals surface area (Å²) < 4.78 is 4.90. The number of esters is 1. The molecule has 1 atom stereocenters. The number of aryl methyl sites for hydroxylation is 1. The summed E-state index contributed by atoms with van der Waals surface area (Å²) in [6.07, 6.45) is 0.178. The molecule has 3 nitrogen and oxygen atoms in total. The minimum absolute atomic E-state index is 0.137. The lowest BCUT2D eigenvalue weighted by Crippen LogP contribution is -2.13. The highest BCUT2D eigenvalue weighted by Crippen LogP contribution is 2.15. The molecule has 98 valence electrons. The fraction of sp³-hybridized carbons (Fsp3) is 0.429. The maximum atomic E-state index is 11.8. The fourth-order valence-electron chi connectivity index (χ4n) is 1.61. The van der Waals surface area contributed by atoms with Crippen LogP contribution in [0.5, 0.6) is 0 Å². The maximum absolute atomic E-state index is 11.8. The molecule has 0 amide bonds. The van der Waals surface area contributed by atoms with E-state index in [1.807, 2.05) is 13.0 Å². The molecule has 0 fully saturated rings. The topological polar surface area (TPSA) is 43.4 Å². The number of halogens is 1. The van der Waals surface area contributed by atoms with Gasteiger partial charge in [-0.15, -0.1) is 11.6 Å². The molecule has 0 aromatic heterocycles. The molecule has 0 bridgehead atoms. The number of hydrogen-bond donors (Lipinski definition) is 0. The Morgan fingerprint density at radius 3 is 2.61 bits per heavy atom. The van der Waals surface area contributed by atoms with Crippen LogP contribution in [0.2, 0.25) is 0 Å². The van der Waals surface area contributed by atoms with Gasteiger partial charge in [0.05, 0.1) is 18.4 Å². The zero-order valence-corrected chi connectivity index (χ0v) is 11.6. The van der Waals surface area contributed by atoms with E-state index in [0.717, 1.165) is 11.1 Å². The molecule has 1 rings (SSSR count). The molecule has 0 N–H and O–H groups in total. The number of alkyl halides is 1. The number of carbonyl (C=O) groups is 2. The Morgan fingerprint density at radius 1 is 1.39 bits per heavy atom. The number of benzene rings is 1. The third-order valence-electron chi connectivity index (χ3n) is 2.64. The highest BCUT2D eigenvalue weighted by atomic mass is 35.5. The lowest BCUT2D eigenvalue weighted by Gasteiger charge is -2.09. The predicted octanol–water partition coefficient (Wildman–Crippen LogP) is 2.91. The summed E-state index contributed by atoms with van der Waals surface area (Å²) in [6, 6.07) is 5.26. The number of carbonyl (C=O) groups excluding carboxylic acids is 2. The van der Waals surface area contributed by atoms with E-state index in [2.05, 4.69) is 0 Å². The van der Waals surface area contributed by atoms with Gasteiger partial charge >= 0.3 is 5.97 Å². The van der Waals surface area contributed by atoms with Gasteiger partial charge in [0.25, 0.3) is 0 Å². The van der Waals surface area contributed by atoms with Crippen LogP contribution in [0.3, 0.4) is 0 Å². The average molecular weight is 269 g/mol. The molecule has 0 aliphatic carbocycles. The van der Waals surface area contributed by atoms with E-state index in [1.54, 1.807) is 26.0 Å². The van der Waals surface area contributed by atoms with Gasteiger partial charge < -0.3 is 4.74 Å². The van der Waals surface area contributed by atoms with Crippen molar-refractivity contribution in [1.29, 1.82) is 0 Å². The predicted molar refractivity (Wildman–Crippen MR) is 71.2 cm³/mol. The largest absolute Gasteiger partial charge is 0.466 e. The molecule has 0 radical (unpaired) electrons. The van der Waals surface area contributed by atoms with E-state index >= 15 is 0 Å². The minimum atomic E-state index is -0.567. The smallest absolute Gasteiger partial charge is 0.310 e. The average Bonchev–Trinajstić information content (AvgIpc) is 2.31. The minimum Gasteiger partial charge on any atom is -0.466 e. The van der Waals surface area contributed by atoms with Crippen LogP contribution in [0.25, 0.3) is 0 Å². The Hall–Kier alpha value is -1.35. The summed E-state index contributed by atoms with van der Waals surface area (Å²) in [5, 5.41) is -0.567. The SMILES string of the molecule is CCOC(=O)Cc1cc(C(=O)C(C)Cl)ccc1C. The van der Waals surface area contributed by atoms with Crippen LogP contribution in [-0.2, 0) is 16.0 Å². The first kappa shape index (κ1) is 14.7. The van der Waals surface area contributed by atoms with Crippen LogP contribution < -0.4 is 0 Å². The van der Waals surface area contributed by atoms with Crippen molar-refractivity contribution >= 4 is 23.4 Å². The molecule has 4 heteroatoms. The molecule has 0 saturated heterocycles. The van der Waals surface area contributed by atoms with Crippen LogP contribution in [-0.4, -0.2) is 23.7 Å². The normalized spacial score (nSPS) is 12.0. The van der Waals surface area contributed by atoms with Crippen molar-refractivity contribution in [2.24, 2.45) is 0 Å². The van der Waals surface area contributed by atoms with Crippen LogP contribution in [0.4, 0.5) is 0 Å². The molecule has 0 spiro atoms. The molecule has 18 heavy (non-hydrogen) atoms. The third-order valence-corrected chi connectivity index (χ3v) is 2.83. The first-order valence-electron chi connectivity index (χ1n) is 5.89. The number of Topliss-reactive ketones (excluding diaryl/α,β-unsaturated/α-hetero) is 1. The molecule has 0 aliphatic rings. The molecule has 1 aromatic rings. The van der Waals surface area contributed by atoms with Crippen LogP contribution >= 0.6 is 11.6 Å². The summed E-state index contributed by atoms with van der Waals surface area (Å²) in [5.74, 6) is -0.425. The molecule has 0 heterocycles. The standard InChI is InChI=1S/C14H17ClO3/c1-4-18-13(16)8-12-7-11(6-5-9(12)2)14(17)10(3)15/h5-7,10H,4,8H2,1-3H3. The van der Waals surface area contributed by atoms with E-state index in [0.29, 0.717) is 12.2 Å². The molecular weight excluding hydrogens is 252 g/mol. The van der Waals surface area contributed by atoms with Gasteiger partial charge in [-0.1, -0.05) is 12.1 Å². The second-order valence-corrected chi connectivity index (χ2v) is 4.76. The summed E-state index contributed by atoms with van der Waals surface area (Å²) in [5.41, 5.74) is 2.29. The summed E-state index contributed by atoms with van der Waals surface area (Å²) in [4.78, 5) is 23.2. The van der Waals surface area contributed by atoms with Gasteiger partial charge in [-0.25, -0.2) is 0 Å². The number of rotatable bonds is 5. The lowest BCUT2D eigenvalue weighted by atomic mass is 9.99. The van der Waals surface area contributed by atoms with Crippen molar-refractivity contribution in [1.82, 2.24) is 0 Å². The van der Waals surface area contributed by atoms with Crippen molar-refractivity contribution < 1.29 is 14.3 Å². The van der Waals surface area contributed by atoms with Gasteiger partial charge in [0, 0.05) is 5.56 Å². The van der Waals surface area contributed by atoms with E-state index in [-0.39, 0.29) is 18.2 Å². The van der Waals surface area contributed by atoms with Crippen LogP contribution in [0, 0.1) is 6.92 Å². The molecule has 1 aromatic carbocycles. The van der Waals surface area contributed by atoms with Crippen molar-refractivity contribution in [3.63, 3.8) is 0 Å². The Kier molecular flexibility index (Phi) is 5.35. The zero-order chi connectivity index (χ0) is 13.7. The maximum Gasteiger partial charge on any atom is 0.310 e. The Balaban J connectivity index is 2.94. The highest BCUT2D eigenvalue weighted by Gasteiger charge is 2.14. The first-order valence-corrected chi connectivity index (χ1v) is 6.32. The van der Waals surface area contributed by atoms with Gasteiger partial charge in [-0.05, 0) is 38.0 Å². The zero-order valence-electron chi connectivity index (χ0n) is 10.8. The van der Waals surface area contributed by atoms with E-state index in [9.17, 15) is 9.59 Å². The fourth-order valence-corrected chi connectivity index (χ4v) is 1.74. The van der Waals surface area contributed by atoms with Crippen LogP contribution in [0.15, 0.2) is 18.2 Å². The summed E-state index contributed by atoms with van der Waals surface area (Å²) >= 11 is 5.77. The monoisotopic (exact) mass is 268 g/mol. The molecule has 1 unspecified atom stereocenters. The van der Waals surface area contributed by atoms with E-state index in [4.69, 9.17) is 16.3 Å². The summed E-state index contributed by atoms with van der Waals surface area (Å²) in [7, 11) is 0. The van der Waals surface area contributed by atoms with E-state index in [1.165, 1.54) is 0 Å². The van der Waals surface area contributed by atoms with Gasteiger partial charge in [-0.2, -0.15) is 0 Å². The number of ketones is 1. The Labute approximate surface area is 112 Å². The molecular formula is C14H17ClO3. The number of hydrogen-bond acceptors (Lipinski definition) is 3. The van der Waals surface area contributed by atoms with Gasteiger partial charge in [0.15, 0.2) is 5.78 Å². The molecule has 0 aliphatic heterocycles. The molecule has 0 saturated carbocycles. The third kappa shape index (κ3) is 3.84. The van der Waals surface area contributed by atoms with Gasteiger partial charge in [-0.3, -0.25) is 9.59 Å². The van der Waals surface area contributed by atoms with Gasteiger partial charge in [0.2, 0.25) is 0 Å². The highest BCUT2D eigenvalue weighted by molar-refractivity contribution is 6.33. The quantitative estimate of drug-likeness (QED) is 0.468. The lowest BCUT2D eigenvalue weighted by molar-refractivity contribution is -0.142. The Morgan fingerprint density at radius 2 is 2.06 bits per heavy atom. The van der Waals surface area contributed by atoms with Crippen molar-refractivity contribution in [3.8, 4) is 0 Å².